The molecule has 1 aromatic carbocycles. The molecule has 0 bridgehead atoms. The van der Waals surface area contributed by atoms with Crippen LogP contribution in [0.5, 0.6) is 0 Å². The molecule has 4 rings (SSSR count). The number of nitrogens with zero attached hydrogens (tertiary/aromatic N) is 3. The van der Waals surface area contributed by atoms with E-state index in [-0.39, 0.29) is 0 Å². The molecule has 4 aromatic rings. The molecule has 0 aliphatic rings. The predicted octanol–water partition coefficient (Wildman–Crippen LogP) is 4.56. The summed E-state index contributed by atoms with van der Waals surface area (Å²) in [5, 5.41) is 7.19. The molecule has 0 saturated carbocycles. The van der Waals surface area contributed by atoms with E-state index in [9.17, 15) is 4.79 Å². The minimum atomic E-state index is -0.451. The largest absolute Gasteiger partial charge is 0.465 e. The lowest BCUT2D eigenvalue weighted by Crippen LogP contribution is -2.05. The van der Waals surface area contributed by atoms with Gasteiger partial charge in [0.15, 0.2) is 11.5 Å². The number of halogens is 1. The number of carbonyl (C=O) groups is 1. The van der Waals surface area contributed by atoms with E-state index in [1.54, 1.807) is 34.1 Å². The van der Waals surface area contributed by atoms with Crippen molar-refractivity contribution in [2.24, 2.45) is 0 Å². The number of hydrogen-bond acceptors (Lipinski definition) is 5. The third kappa shape index (κ3) is 2.79. The molecule has 0 spiro atoms. The van der Waals surface area contributed by atoms with E-state index in [2.05, 4.69) is 10.1 Å². The second kappa shape index (κ2) is 6.31. The number of esters is 1. The molecule has 0 aliphatic heterocycles. The highest BCUT2D eigenvalue weighted by atomic mass is 35.5. The van der Waals surface area contributed by atoms with Gasteiger partial charge in [-0.1, -0.05) is 29.8 Å². The fourth-order valence-electron chi connectivity index (χ4n) is 2.59. The van der Waals surface area contributed by atoms with Crippen LogP contribution >= 0.6 is 22.9 Å². The van der Waals surface area contributed by atoms with Gasteiger partial charge in [-0.25, -0.2) is 14.3 Å². The van der Waals surface area contributed by atoms with Crippen LogP contribution in [-0.2, 0) is 4.74 Å². The molecule has 0 radical (unpaired) electrons. The normalized spacial score (nSPS) is 11.0. The zero-order chi connectivity index (χ0) is 17.4. The molecule has 0 amide bonds. The molecule has 0 unspecified atom stereocenters. The number of benzene rings is 1. The Morgan fingerprint density at radius 2 is 2.08 bits per heavy atom. The molecule has 0 fully saturated rings. The Morgan fingerprint density at radius 3 is 2.80 bits per heavy atom. The van der Waals surface area contributed by atoms with Crippen LogP contribution in [0.2, 0.25) is 5.02 Å². The van der Waals surface area contributed by atoms with Crippen LogP contribution in [0.1, 0.15) is 10.4 Å². The maximum atomic E-state index is 12.1. The summed E-state index contributed by atoms with van der Waals surface area (Å²) < 4.78 is 6.55. The van der Waals surface area contributed by atoms with Gasteiger partial charge in [-0.15, -0.1) is 16.4 Å². The summed E-state index contributed by atoms with van der Waals surface area (Å²) in [6.07, 6.45) is 0. The van der Waals surface area contributed by atoms with Gasteiger partial charge in [0.1, 0.15) is 5.56 Å². The topological polar surface area (TPSA) is 56.5 Å². The van der Waals surface area contributed by atoms with Crippen molar-refractivity contribution < 1.29 is 9.53 Å². The number of rotatable bonds is 3. The Balaban J connectivity index is 1.99. The first-order chi connectivity index (χ1) is 12.2. The molecule has 0 atom stereocenters. The molecule has 3 heterocycles. The Hall–Kier alpha value is -2.70. The molecule has 25 heavy (non-hydrogen) atoms. The number of methoxy groups -OCH3 is 1. The molecule has 0 N–H and O–H groups in total. The number of fused-ring (bicyclic) bond motifs is 1. The molecule has 3 aromatic heterocycles. The zero-order valence-electron chi connectivity index (χ0n) is 13.1. The maximum Gasteiger partial charge on any atom is 0.341 e. The number of pyridine rings is 1. The summed E-state index contributed by atoms with van der Waals surface area (Å²) in [6, 6.07) is 14.8. The average molecular weight is 370 g/mol. The minimum absolute atomic E-state index is 0.364. The van der Waals surface area contributed by atoms with Crippen molar-refractivity contribution in [3.8, 4) is 22.0 Å². The number of carbonyl (C=O) groups excluding carboxylic acids is 1. The Labute approximate surface area is 152 Å². The molecule has 5 nitrogen and oxygen atoms in total. The van der Waals surface area contributed by atoms with Crippen molar-refractivity contribution in [2.75, 3.05) is 7.11 Å². The zero-order valence-corrected chi connectivity index (χ0v) is 14.7. The van der Waals surface area contributed by atoms with Crippen molar-refractivity contribution >= 4 is 34.6 Å². The van der Waals surface area contributed by atoms with Gasteiger partial charge in [-0.2, -0.15) is 0 Å². The van der Waals surface area contributed by atoms with Gasteiger partial charge in [0.2, 0.25) is 0 Å². The SMILES string of the molecule is COC(=O)c1ccc(-c2cccs2)n2nc(-c3cccc(Cl)c3)nc12. The van der Waals surface area contributed by atoms with Gasteiger partial charge < -0.3 is 4.74 Å². The van der Waals surface area contributed by atoms with Crippen molar-refractivity contribution in [2.45, 2.75) is 0 Å². The lowest BCUT2D eigenvalue weighted by atomic mass is 10.2. The van der Waals surface area contributed by atoms with Crippen molar-refractivity contribution in [3.63, 3.8) is 0 Å². The van der Waals surface area contributed by atoms with Crippen molar-refractivity contribution in [1.29, 1.82) is 0 Å². The monoisotopic (exact) mass is 369 g/mol. The first-order valence-corrected chi connectivity index (χ1v) is 8.71. The summed E-state index contributed by atoms with van der Waals surface area (Å²) in [7, 11) is 1.35. The van der Waals surface area contributed by atoms with Gasteiger partial charge in [0.05, 0.1) is 17.7 Å². The number of aromatic nitrogens is 3. The van der Waals surface area contributed by atoms with Crippen LogP contribution in [0.25, 0.3) is 27.6 Å². The number of ether oxygens (including phenoxy) is 1. The quantitative estimate of drug-likeness (QED) is 0.496. The Kier molecular flexibility index (Phi) is 3.99. The van der Waals surface area contributed by atoms with Crippen LogP contribution in [-0.4, -0.2) is 27.7 Å². The van der Waals surface area contributed by atoms with E-state index in [4.69, 9.17) is 16.3 Å². The van der Waals surface area contributed by atoms with E-state index >= 15 is 0 Å². The van der Waals surface area contributed by atoms with Crippen molar-refractivity contribution in [3.05, 3.63) is 64.5 Å². The summed E-state index contributed by atoms with van der Waals surface area (Å²) in [4.78, 5) is 17.7. The highest BCUT2D eigenvalue weighted by Crippen LogP contribution is 2.28. The van der Waals surface area contributed by atoms with Crippen LogP contribution in [0, 0.1) is 0 Å². The minimum Gasteiger partial charge on any atom is -0.465 e. The Bertz CT molecular complexity index is 1070. The van der Waals surface area contributed by atoms with Gasteiger partial charge in [0, 0.05) is 10.6 Å². The van der Waals surface area contributed by atoms with Crippen LogP contribution < -0.4 is 0 Å². The standard InChI is InChI=1S/C18H12ClN3O2S/c1-24-18(23)13-7-8-14(15-6-3-9-25-15)22-17(13)20-16(21-22)11-4-2-5-12(19)10-11/h2-10H,1H3. The van der Waals surface area contributed by atoms with Crippen LogP contribution in [0.4, 0.5) is 0 Å². The molecule has 0 saturated heterocycles. The second-order valence-corrected chi connectivity index (χ2v) is 6.67. The van der Waals surface area contributed by atoms with E-state index in [1.165, 1.54) is 7.11 Å². The van der Waals surface area contributed by atoms with Gasteiger partial charge in [-0.3, -0.25) is 0 Å². The number of thiophene rings is 1. The van der Waals surface area contributed by atoms with Crippen molar-refractivity contribution in [1.82, 2.24) is 14.6 Å². The van der Waals surface area contributed by atoms with E-state index in [0.717, 1.165) is 16.1 Å². The maximum absolute atomic E-state index is 12.1. The first kappa shape index (κ1) is 15.8. The average Bonchev–Trinajstić information content (AvgIpc) is 3.30. The smallest absolute Gasteiger partial charge is 0.341 e. The van der Waals surface area contributed by atoms with E-state index in [1.807, 2.05) is 35.7 Å². The highest BCUT2D eigenvalue weighted by Gasteiger charge is 2.19. The summed E-state index contributed by atoms with van der Waals surface area (Å²) in [5.74, 6) is 0.0458. The van der Waals surface area contributed by atoms with E-state index in [0.29, 0.717) is 22.1 Å². The fraction of sp³-hybridized carbons (Fsp3) is 0.0556. The summed E-state index contributed by atoms with van der Waals surface area (Å²) in [6.45, 7) is 0. The van der Waals surface area contributed by atoms with Gasteiger partial charge in [-0.05, 0) is 35.7 Å². The first-order valence-electron chi connectivity index (χ1n) is 7.45. The van der Waals surface area contributed by atoms with Gasteiger partial charge >= 0.3 is 5.97 Å². The third-order valence-electron chi connectivity index (χ3n) is 3.75. The molecule has 7 heteroatoms. The summed E-state index contributed by atoms with van der Waals surface area (Å²) in [5.41, 5.74) is 2.46. The molecular weight excluding hydrogens is 358 g/mol. The van der Waals surface area contributed by atoms with E-state index < -0.39 is 5.97 Å². The van der Waals surface area contributed by atoms with Crippen LogP contribution in [0.3, 0.4) is 0 Å². The highest BCUT2D eigenvalue weighted by molar-refractivity contribution is 7.13. The lowest BCUT2D eigenvalue weighted by Gasteiger charge is -2.05. The van der Waals surface area contributed by atoms with Gasteiger partial charge in [0.25, 0.3) is 0 Å². The Morgan fingerprint density at radius 1 is 1.20 bits per heavy atom. The van der Waals surface area contributed by atoms with Crippen LogP contribution in [0.15, 0.2) is 53.9 Å². The summed E-state index contributed by atoms with van der Waals surface area (Å²) >= 11 is 7.67. The number of hydrogen-bond donors (Lipinski definition) is 0. The molecule has 0 aliphatic carbocycles. The third-order valence-corrected chi connectivity index (χ3v) is 4.87. The molecular formula is C18H12ClN3O2S. The molecule has 124 valence electrons. The predicted molar refractivity (Wildman–Crippen MR) is 98.1 cm³/mol. The fourth-order valence-corrected chi connectivity index (χ4v) is 3.52. The second-order valence-electron chi connectivity index (χ2n) is 5.28. The lowest BCUT2D eigenvalue weighted by molar-refractivity contribution is 0.0602.